The largest absolute Gasteiger partial charge is 0.355 e. The molecule has 15 heavy (non-hydrogen) atoms. The van der Waals surface area contributed by atoms with Gasteiger partial charge in [0.25, 0.3) is 0 Å². The zero-order valence-corrected chi connectivity index (χ0v) is 9.19. The Bertz CT molecular complexity index is 286. The molecule has 0 amide bonds. The quantitative estimate of drug-likeness (QED) is 0.798. The molecule has 0 saturated carbocycles. The second-order valence-electron chi connectivity index (χ2n) is 4.08. The van der Waals surface area contributed by atoms with E-state index in [-0.39, 0.29) is 0 Å². The van der Waals surface area contributed by atoms with Crippen LogP contribution in [0.15, 0.2) is 18.6 Å². The van der Waals surface area contributed by atoms with Crippen LogP contribution in [0, 0.1) is 5.92 Å². The number of hydrogen-bond acceptors (Lipinski definition) is 4. The fourth-order valence-corrected chi connectivity index (χ4v) is 2.18. The van der Waals surface area contributed by atoms with E-state index in [0.29, 0.717) is 0 Å². The fourth-order valence-electron chi connectivity index (χ4n) is 2.18. The molecule has 1 N–H and O–H groups in total. The van der Waals surface area contributed by atoms with Gasteiger partial charge in [-0.15, -0.1) is 0 Å². The second kappa shape index (κ2) is 5.07. The van der Waals surface area contributed by atoms with E-state index in [1.165, 1.54) is 12.8 Å². The molecular formula is C11H18N4. The van der Waals surface area contributed by atoms with E-state index in [1.807, 2.05) is 13.2 Å². The van der Waals surface area contributed by atoms with Gasteiger partial charge in [-0.25, -0.2) is 4.98 Å². The van der Waals surface area contributed by atoms with Crippen molar-refractivity contribution < 1.29 is 0 Å². The average molecular weight is 206 g/mol. The molecular weight excluding hydrogens is 188 g/mol. The molecule has 1 aromatic rings. The lowest BCUT2D eigenvalue weighted by Crippen LogP contribution is -2.39. The van der Waals surface area contributed by atoms with Crippen LogP contribution in [0.4, 0.5) is 5.82 Å². The number of nitrogens with one attached hydrogen (secondary N) is 1. The maximum atomic E-state index is 4.34. The first-order valence-electron chi connectivity index (χ1n) is 5.55. The van der Waals surface area contributed by atoms with E-state index in [9.17, 15) is 0 Å². The Morgan fingerprint density at radius 3 is 3.20 bits per heavy atom. The number of hydrogen-bond donors (Lipinski definition) is 1. The molecule has 0 radical (unpaired) electrons. The highest BCUT2D eigenvalue weighted by Crippen LogP contribution is 2.19. The molecule has 1 fully saturated rings. The van der Waals surface area contributed by atoms with Crippen LogP contribution < -0.4 is 10.2 Å². The SMILES string of the molecule is CNCC1CCCN(c2cnccn2)C1. The van der Waals surface area contributed by atoms with Gasteiger partial charge in [-0.05, 0) is 32.4 Å². The molecule has 0 spiro atoms. The predicted octanol–water partition coefficient (Wildman–Crippen LogP) is 0.912. The summed E-state index contributed by atoms with van der Waals surface area (Å²) >= 11 is 0. The van der Waals surface area contributed by atoms with Crippen LogP contribution in [0.3, 0.4) is 0 Å². The van der Waals surface area contributed by atoms with Gasteiger partial charge in [-0.2, -0.15) is 0 Å². The van der Waals surface area contributed by atoms with Gasteiger partial charge in [-0.3, -0.25) is 4.98 Å². The zero-order chi connectivity index (χ0) is 10.5. The molecule has 1 aliphatic heterocycles. The summed E-state index contributed by atoms with van der Waals surface area (Å²) < 4.78 is 0. The number of rotatable bonds is 3. The first-order valence-corrected chi connectivity index (χ1v) is 5.55. The maximum absolute atomic E-state index is 4.34. The monoisotopic (exact) mass is 206 g/mol. The minimum atomic E-state index is 0.741. The molecule has 1 unspecified atom stereocenters. The van der Waals surface area contributed by atoms with Crippen molar-refractivity contribution in [2.75, 3.05) is 31.6 Å². The number of piperidine rings is 1. The molecule has 1 atom stereocenters. The third-order valence-electron chi connectivity index (χ3n) is 2.89. The highest BCUT2D eigenvalue weighted by molar-refractivity contribution is 5.35. The summed E-state index contributed by atoms with van der Waals surface area (Å²) in [5, 5.41) is 3.25. The standard InChI is InChI=1S/C11H18N4/c1-12-7-10-3-2-6-15(9-10)11-8-13-4-5-14-11/h4-5,8,10,12H,2-3,6-7,9H2,1H3. The van der Waals surface area contributed by atoms with Crippen molar-refractivity contribution in [2.45, 2.75) is 12.8 Å². The topological polar surface area (TPSA) is 41.0 Å². The van der Waals surface area contributed by atoms with E-state index < -0.39 is 0 Å². The lowest BCUT2D eigenvalue weighted by molar-refractivity contribution is 0.401. The van der Waals surface area contributed by atoms with E-state index in [4.69, 9.17) is 0 Å². The summed E-state index contributed by atoms with van der Waals surface area (Å²) in [6, 6.07) is 0. The van der Waals surface area contributed by atoms with E-state index >= 15 is 0 Å². The average Bonchev–Trinajstić information content (AvgIpc) is 2.31. The van der Waals surface area contributed by atoms with Crippen molar-refractivity contribution >= 4 is 5.82 Å². The normalized spacial score (nSPS) is 21.7. The van der Waals surface area contributed by atoms with Crippen LogP contribution in [0.25, 0.3) is 0 Å². The van der Waals surface area contributed by atoms with E-state index in [0.717, 1.165) is 31.4 Å². The molecule has 2 heterocycles. The predicted molar refractivity (Wildman–Crippen MR) is 60.9 cm³/mol. The van der Waals surface area contributed by atoms with E-state index in [1.54, 1.807) is 12.4 Å². The molecule has 82 valence electrons. The van der Waals surface area contributed by atoms with Gasteiger partial charge in [0.15, 0.2) is 0 Å². The highest BCUT2D eigenvalue weighted by atomic mass is 15.2. The van der Waals surface area contributed by atoms with Crippen molar-refractivity contribution in [3.8, 4) is 0 Å². The second-order valence-corrected chi connectivity index (χ2v) is 4.08. The highest BCUT2D eigenvalue weighted by Gasteiger charge is 2.19. The summed E-state index contributed by atoms with van der Waals surface area (Å²) in [7, 11) is 2.02. The Balaban J connectivity index is 1.98. The van der Waals surface area contributed by atoms with Gasteiger partial charge in [0.2, 0.25) is 0 Å². The van der Waals surface area contributed by atoms with Crippen molar-refractivity contribution in [3.05, 3.63) is 18.6 Å². The molecule has 4 heteroatoms. The molecule has 1 saturated heterocycles. The number of nitrogens with zero attached hydrogens (tertiary/aromatic N) is 3. The summed E-state index contributed by atoms with van der Waals surface area (Å²) in [4.78, 5) is 10.8. The van der Waals surface area contributed by atoms with Gasteiger partial charge >= 0.3 is 0 Å². The number of aromatic nitrogens is 2. The first kappa shape index (κ1) is 10.4. The molecule has 4 nitrogen and oxygen atoms in total. The van der Waals surface area contributed by atoms with Gasteiger partial charge < -0.3 is 10.2 Å². The third kappa shape index (κ3) is 2.65. The summed E-state index contributed by atoms with van der Waals surface area (Å²) in [6.07, 6.45) is 7.90. The molecule has 1 aromatic heterocycles. The zero-order valence-electron chi connectivity index (χ0n) is 9.19. The third-order valence-corrected chi connectivity index (χ3v) is 2.89. The molecule has 2 rings (SSSR count). The Kier molecular flexibility index (Phi) is 3.50. The Labute approximate surface area is 90.7 Å². The van der Waals surface area contributed by atoms with Crippen LogP contribution in [0.1, 0.15) is 12.8 Å². The Morgan fingerprint density at radius 1 is 1.53 bits per heavy atom. The van der Waals surface area contributed by atoms with Gasteiger partial charge in [-0.1, -0.05) is 0 Å². The first-order chi connectivity index (χ1) is 7.40. The fraction of sp³-hybridized carbons (Fsp3) is 0.636. The van der Waals surface area contributed by atoms with Crippen LogP contribution >= 0.6 is 0 Å². The van der Waals surface area contributed by atoms with Crippen molar-refractivity contribution in [2.24, 2.45) is 5.92 Å². The summed E-state index contributed by atoms with van der Waals surface area (Å²) in [5.74, 6) is 1.75. The Hall–Kier alpha value is -1.16. The molecule has 0 bridgehead atoms. The van der Waals surface area contributed by atoms with E-state index in [2.05, 4.69) is 20.2 Å². The van der Waals surface area contributed by atoms with Crippen molar-refractivity contribution in [1.29, 1.82) is 0 Å². The molecule has 0 aliphatic carbocycles. The summed E-state index contributed by atoms with van der Waals surface area (Å²) in [6.45, 7) is 3.30. The van der Waals surface area contributed by atoms with Crippen LogP contribution in [0.5, 0.6) is 0 Å². The maximum Gasteiger partial charge on any atom is 0.147 e. The van der Waals surface area contributed by atoms with Crippen LogP contribution in [-0.4, -0.2) is 36.6 Å². The smallest absolute Gasteiger partial charge is 0.147 e. The minimum absolute atomic E-state index is 0.741. The molecule has 0 aromatic carbocycles. The lowest BCUT2D eigenvalue weighted by atomic mass is 9.98. The summed E-state index contributed by atoms with van der Waals surface area (Å²) in [5.41, 5.74) is 0. The van der Waals surface area contributed by atoms with Crippen molar-refractivity contribution in [3.63, 3.8) is 0 Å². The van der Waals surface area contributed by atoms with Crippen molar-refractivity contribution in [1.82, 2.24) is 15.3 Å². The van der Waals surface area contributed by atoms with Gasteiger partial charge in [0.05, 0.1) is 6.20 Å². The van der Waals surface area contributed by atoms with Gasteiger partial charge in [0, 0.05) is 25.5 Å². The van der Waals surface area contributed by atoms with Gasteiger partial charge in [0.1, 0.15) is 5.82 Å². The minimum Gasteiger partial charge on any atom is -0.355 e. The molecule has 1 aliphatic rings. The van der Waals surface area contributed by atoms with Crippen LogP contribution in [-0.2, 0) is 0 Å². The number of anilines is 1. The lowest BCUT2D eigenvalue weighted by Gasteiger charge is -2.33. The Morgan fingerprint density at radius 2 is 2.47 bits per heavy atom. The van der Waals surface area contributed by atoms with Crippen LogP contribution in [0.2, 0.25) is 0 Å².